The van der Waals surface area contributed by atoms with E-state index in [0.717, 1.165) is 15.7 Å². The number of fused-ring (bicyclic) bond motifs is 1. The van der Waals surface area contributed by atoms with Gasteiger partial charge in [0.1, 0.15) is 5.52 Å². The van der Waals surface area contributed by atoms with Crippen LogP contribution < -0.4 is 17.0 Å². The third-order valence-corrected chi connectivity index (χ3v) is 4.97. The molecule has 0 saturated carbocycles. The summed E-state index contributed by atoms with van der Waals surface area (Å²) < 4.78 is 7.64. The maximum Gasteiger partial charge on any atom is 0.335 e. The van der Waals surface area contributed by atoms with Crippen molar-refractivity contribution in [2.45, 2.75) is 26.4 Å². The second kappa shape index (κ2) is 8.67. The van der Waals surface area contributed by atoms with Gasteiger partial charge in [-0.3, -0.25) is 14.3 Å². The number of carbonyl (C=O) groups is 1. The molecule has 0 aliphatic rings. The minimum atomic E-state index is -1.12. The highest BCUT2D eigenvalue weighted by molar-refractivity contribution is 6.31. The lowest BCUT2D eigenvalue weighted by Gasteiger charge is -2.10. The van der Waals surface area contributed by atoms with Crippen molar-refractivity contribution in [3.8, 4) is 0 Å². The quantitative estimate of drug-likeness (QED) is 0.457. The summed E-state index contributed by atoms with van der Waals surface area (Å²) >= 11 is 5.97. The molecule has 10 nitrogen and oxygen atoms in total. The molecule has 2 aromatic carbocycles. The van der Waals surface area contributed by atoms with Crippen LogP contribution in [0.2, 0.25) is 5.02 Å². The first-order valence-electron chi connectivity index (χ1n) is 9.62. The molecule has 0 saturated heterocycles. The van der Waals surface area contributed by atoms with Crippen molar-refractivity contribution < 1.29 is 14.3 Å². The Kier molecular flexibility index (Phi) is 5.78. The number of halogens is 1. The fraction of sp³-hybridized carbons (Fsp3) is 0.190. The number of aromatic nitrogens is 4. The summed E-state index contributed by atoms with van der Waals surface area (Å²) in [5.41, 5.74) is 1.19. The number of nitrogens with zero attached hydrogens (tertiary/aromatic N) is 4. The van der Waals surface area contributed by atoms with Crippen LogP contribution in [0.25, 0.3) is 11.1 Å². The summed E-state index contributed by atoms with van der Waals surface area (Å²) in [5, 5.41) is 9.40. The lowest BCUT2D eigenvalue weighted by Crippen LogP contribution is -2.50. The monoisotopic (exact) mass is 455 g/mol. The zero-order valence-electron chi connectivity index (χ0n) is 16.9. The van der Waals surface area contributed by atoms with Crippen LogP contribution in [0.3, 0.4) is 0 Å². The highest BCUT2D eigenvalue weighted by Gasteiger charge is 2.13. The van der Waals surface area contributed by atoms with Gasteiger partial charge >= 0.3 is 23.4 Å². The summed E-state index contributed by atoms with van der Waals surface area (Å²) in [7, 11) is 0. The van der Waals surface area contributed by atoms with Crippen LogP contribution >= 0.6 is 11.6 Å². The maximum absolute atomic E-state index is 13.1. The molecular weight excluding hydrogens is 438 g/mol. The average molecular weight is 456 g/mol. The zero-order valence-corrected chi connectivity index (χ0v) is 17.7. The van der Waals surface area contributed by atoms with E-state index in [1.165, 1.54) is 4.57 Å². The fourth-order valence-electron chi connectivity index (χ4n) is 3.09. The topological polar surface area (TPSA) is 135 Å². The molecule has 164 valence electrons. The van der Waals surface area contributed by atoms with Crippen molar-refractivity contribution in [1.82, 2.24) is 19.1 Å². The number of aliphatic carboxylic acids is 1. The van der Waals surface area contributed by atoms with Crippen LogP contribution in [0.1, 0.15) is 17.5 Å². The largest absolute Gasteiger partial charge is 0.481 e. The molecule has 0 fully saturated rings. The molecule has 2 N–H and O–H groups in total. The summed E-state index contributed by atoms with van der Waals surface area (Å²) in [6.07, 6.45) is -0.379. The van der Waals surface area contributed by atoms with E-state index in [9.17, 15) is 14.4 Å². The van der Waals surface area contributed by atoms with Crippen molar-refractivity contribution in [3.05, 3.63) is 85.2 Å². The number of oxazole rings is 1. The van der Waals surface area contributed by atoms with Gasteiger partial charge in [0.25, 0.3) is 0 Å². The van der Waals surface area contributed by atoms with Crippen molar-refractivity contribution in [2.24, 2.45) is 4.99 Å². The fourth-order valence-corrected chi connectivity index (χ4v) is 3.25. The molecule has 2 heterocycles. The van der Waals surface area contributed by atoms with Crippen molar-refractivity contribution in [2.75, 3.05) is 0 Å². The molecule has 0 aliphatic heterocycles. The lowest BCUT2D eigenvalue weighted by molar-refractivity contribution is -0.137. The predicted molar refractivity (Wildman–Crippen MR) is 116 cm³/mol. The molecule has 0 unspecified atom stereocenters. The normalized spacial score (nSPS) is 11.9. The third kappa shape index (κ3) is 4.54. The van der Waals surface area contributed by atoms with Crippen LogP contribution in [0.5, 0.6) is 0 Å². The van der Waals surface area contributed by atoms with E-state index >= 15 is 0 Å². The first-order valence-corrected chi connectivity index (χ1v) is 10.00. The molecule has 11 heteroatoms. The van der Waals surface area contributed by atoms with Crippen molar-refractivity contribution >= 4 is 34.7 Å². The van der Waals surface area contributed by atoms with Gasteiger partial charge in [0, 0.05) is 17.6 Å². The first-order chi connectivity index (χ1) is 15.3. The molecule has 4 rings (SSSR count). The van der Waals surface area contributed by atoms with Crippen molar-refractivity contribution in [1.29, 1.82) is 0 Å². The summed E-state index contributed by atoms with van der Waals surface area (Å²) in [6.45, 7) is 1.75. The minimum absolute atomic E-state index is 0.0711. The number of benzene rings is 2. The van der Waals surface area contributed by atoms with Crippen LogP contribution in [0, 0.1) is 6.92 Å². The summed E-state index contributed by atoms with van der Waals surface area (Å²) in [4.78, 5) is 47.5. The average Bonchev–Trinajstić information content (AvgIpc) is 3.13. The van der Waals surface area contributed by atoms with Gasteiger partial charge < -0.3 is 9.52 Å². The number of carboxylic acids is 1. The number of nitrogens with one attached hydrogen (secondary N) is 1. The van der Waals surface area contributed by atoms with E-state index in [2.05, 4.69) is 15.0 Å². The number of aryl methyl sites for hydroxylation is 1. The molecule has 0 radical (unpaired) electrons. The number of aromatic amines is 1. The molecule has 2 aromatic heterocycles. The molecule has 32 heavy (non-hydrogen) atoms. The highest BCUT2D eigenvalue weighted by Crippen LogP contribution is 2.23. The number of carboxylic acid groups (broad SMARTS) is 1. The van der Waals surface area contributed by atoms with Crippen molar-refractivity contribution in [3.63, 3.8) is 0 Å². The van der Waals surface area contributed by atoms with Crippen LogP contribution in [-0.4, -0.2) is 30.2 Å². The Morgan fingerprint density at radius 1 is 1.19 bits per heavy atom. The van der Waals surface area contributed by atoms with E-state index in [1.807, 2.05) is 31.2 Å². The van der Waals surface area contributed by atoms with E-state index in [0.29, 0.717) is 16.1 Å². The minimum Gasteiger partial charge on any atom is -0.481 e. The van der Waals surface area contributed by atoms with Gasteiger partial charge in [0.05, 0.1) is 13.0 Å². The van der Waals surface area contributed by atoms with Gasteiger partial charge in [-0.1, -0.05) is 41.4 Å². The summed E-state index contributed by atoms with van der Waals surface area (Å²) in [6, 6.07) is 12.3. The lowest BCUT2D eigenvalue weighted by atomic mass is 10.1. The Hall–Kier alpha value is -3.92. The predicted octanol–water partition coefficient (Wildman–Crippen LogP) is 2.20. The summed E-state index contributed by atoms with van der Waals surface area (Å²) in [5.74, 6) is -1.12. The van der Waals surface area contributed by atoms with Gasteiger partial charge in [-0.05, 0) is 24.6 Å². The van der Waals surface area contributed by atoms with Gasteiger partial charge in [-0.15, -0.1) is 0 Å². The maximum atomic E-state index is 13.1. The smallest absolute Gasteiger partial charge is 0.335 e. The number of hydrogen-bond acceptors (Lipinski definition) is 6. The first kappa shape index (κ1) is 21.3. The zero-order chi connectivity index (χ0) is 22.8. The molecule has 0 aliphatic carbocycles. The van der Waals surface area contributed by atoms with Gasteiger partial charge in [0.2, 0.25) is 5.62 Å². The van der Waals surface area contributed by atoms with E-state index in [4.69, 9.17) is 21.1 Å². The Morgan fingerprint density at radius 2 is 1.94 bits per heavy atom. The molecule has 4 aromatic rings. The molecular formula is C21H18ClN5O5. The van der Waals surface area contributed by atoms with E-state index < -0.39 is 17.3 Å². The highest BCUT2D eigenvalue weighted by atomic mass is 35.5. The number of H-pyrrole nitrogens is 1. The molecule has 0 bridgehead atoms. The van der Waals surface area contributed by atoms with Crippen LogP contribution in [0.4, 0.5) is 6.01 Å². The van der Waals surface area contributed by atoms with E-state index in [-0.39, 0.29) is 31.1 Å². The van der Waals surface area contributed by atoms with Gasteiger partial charge in [0.15, 0.2) is 5.58 Å². The Morgan fingerprint density at radius 3 is 2.66 bits per heavy atom. The van der Waals surface area contributed by atoms with Crippen LogP contribution in [-0.2, 0) is 17.9 Å². The second-order valence-corrected chi connectivity index (χ2v) is 7.56. The Bertz CT molecular complexity index is 1490. The van der Waals surface area contributed by atoms with Crippen LogP contribution in [0.15, 0.2) is 61.5 Å². The molecule has 0 atom stereocenters. The third-order valence-electron chi connectivity index (χ3n) is 4.73. The molecule has 0 spiro atoms. The van der Waals surface area contributed by atoms with Gasteiger partial charge in [-0.25, -0.2) is 14.2 Å². The Balaban J connectivity index is 1.88. The number of hydrogen-bond donors (Lipinski definition) is 2. The standard InChI is InChI=1S/C21H18ClN5O5/c1-12-2-4-13(5-3-12)11-27-18(25-20(30)26(21(27)31)9-8-17(28)29)24-19-23-15-7-6-14(22)10-16(15)32-19/h2-7,10H,8-9,11H2,1H3,(H,28,29)(H,23,24,25,30). The number of rotatable bonds is 6. The molecule has 0 amide bonds. The SMILES string of the molecule is Cc1ccc(Cn2c(=O)n(CCC(=O)O)c(=O)[nH]/c2=N\c2nc3ccc(Cl)cc3o2)cc1. The Labute approximate surface area is 185 Å². The van der Waals surface area contributed by atoms with E-state index in [1.54, 1.807) is 18.2 Å². The second-order valence-electron chi connectivity index (χ2n) is 7.12. The van der Waals surface area contributed by atoms with Gasteiger partial charge in [-0.2, -0.15) is 9.98 Å².